The van der Waals surface area contributed by atoms with Gasteiger partial charge in [-0.2, -0.15) is 0 Å². The normalized spacial score (nSPS) is 11.7. The van der Waals surface area contributed by atoms with Crippen molar-refractivity contribution in [1.29, 1.82) is 0 Å². The van der Waals surface area contributed by atoms with Gasteiger partial charge in [0.15, 0.2) is 5.84 Å². The minimum atomic E-state index is 0.163. The van der Waals surface area contributed by atoms with Crippen molar-refractivity contribution in [3.63, 3.8) is 0 Å². The Labute approximate surface area is 124 Å². The van der Waals surface area contributed by atoms with Crippen molar-refractivity contribution >= 4 is 40.7 Å². The fourth-order valence-corrected chi connectivity index (χ4v) is 4.42. The average molecular weight is 310 g/mol. The Morgan fingerprint density at radius 2 is 2.11 bits per heavy atom. The van der Waals surface area contributed by atoms with Gasteiger partial charge in [0.2, 0.25) is 0 Å². The summed E-state index contributed by atoms with van der Waals surface area (Å²) in [6.07, 6.45) is 0. The lowest BCUT2D eigenvalue weighted by Crippen LogP contribution is -2.15. The van der Waals surface area contributed by atoms with E-state index in [9.17, 15) is 0 Å². The Bertz CT molecular complexity index is 567. The molecule has 3 N–H and O–H groups in total. The number of nitrogens with zero attached hydrogens (tertiary/aromatic N) is 1. The van der Waals surface area contributed by atoms with Crippen molar-refractivity contribution in [2.75, 3.05) is 5.75 Å². The second-order valence-electron chi connectivity index (χ2n) is 3.58. The second kappa shape index (κ2) is 6.88. The zero-order valence-electron chi connectivity index (χ0n) is 10.4. The molecule has 0 bridgehead atoms. The van der Waals surface area contributed by atoms with Gasteiger partial charge in [-0.3, -0.25) is 0 Å². The maximum atomic E-state index is 8.98. The number of hydrogen-bond donors (Lipinski definition) is 2. The van der Waals surface area contributed by atoms with E-state index in [1.807, 2.05) is 29.6 Å². The van der Waals surface area contributed by atoms with Crippen LogP contribution >= 0.6 is 34.9 Å². The predicted molar refractivity (Wildman–Crippen MR) is 83.8 cm³/mol. The lowest BCUT2D eigenvalue weighted by Gasteiger charge is -2.11. The minimum absolute atomic E-state index is 0.163. The van der Waals surface area contributed by atoms with Crippen LogP contribution in [0.4, 0.5) is 0 Å². The van der Waals surface area contributed by atoms with E-state index in [1.54, 1.807) is 34.9 Å². The van der Waals surface area contributed by atoms with Crippen LogP contribution in [0.15, 0.2) is 54.9 Å². The van der Waals surface area contributed by atoms with Crippen molar-refractivity contribution in [1.82, 2.24) is 0 Å². The molecular formula is C13H14N2OS3. The van der Waals surface area contributed by atoms with Gasteiger partial charge in [-0.1, -0.05) is 36.0 Å². The Balaban J connectivity index is 2.44. The zero-order chi connectivity index (χ0) is 13.7. The molecule has 6 heteroatoms. The van der Waals surface area contributed by atoms with E-state index < -0.39 is 0 Å². The van der Waals surface area contributed by atoms with Crippen LogP contribution in [-0.2, 0) is 0 Å². The number of oxime groups is 1. The summed E-state index contributed by atoms with van der Waals surface area (Å²) < 4.78 is 1.19. The molecule has 1 heterocycles. The fraction of sp³-hybridized carbons (Fsp3) is 0.154. The molecule has 1 aromatic carbocycles. The first-order valence-corrected chi connectivity index (χ1v) is 8.39. The second-order valence-corrected chi connectivity index (χ2v) is 7.18. The highest BCUT2D eigenvalue weighted by Gasteiger charge is 2.14. The minimum Gasteiger partial charge on any atom is -0.409 e. The van der Waals surface area contributed by atoms with Crippen molar-refractivity contribution < 1.29 is 5.21 Å². The zero-order valence-corrected chi connectivity index (χ0v) is 12.8. The summed E-state index contributed by atoms with van der Waals surface area (Å²) in [7, 11) is 0. The summed E-state index contributed by atoms with van der Waals surface area (Å²) in [5, 5.41) is 14.2. The van der Waals surface area contributed by atoms with E-state index in [4.69, 9.17) is 10.9 Å². The SMILES string of the molecule is CCSc1cccc(Sc2cccs2)c1/C(N)=N/O. The van der Waals surface area contributed by atoms with Gasteiger partial charge in [0.25, 0.3) is 0 Å². The van der Waals surface area contributed by atoms with Gasteiger partial charge in [0, 0.05) is 15.4 Å². The average Bonchev–Trinajstić information content (AvgIpc) is 2.91. The third kappa shape index (κ3) is 3.46. The van der Waals surface area contributed by atoms with Crippen LogP contribution in [0.1, 0.15) is 12.5 Å². The van der Waals surface area contributed by atoms with Gasteiger partial charge in [0.05, 0.1) is 4.21 Å². The topological polar surface area (TPSA) is 58.6 Å². The summed E-state index contributed by atoms with van der Waals surface area (Å²) in [4.78, 5) is 2.05. The molecule has 0 saturated carbocycles. The summed E-state index contributed by atoms with van der Waals surface area (Å²) in [6.45, 7) is 2.08. The smallest absolute Gasteiger partial charge is 0.172 e. The van der Waals surface area contributed by atoms with Crippen molar-refractivity contribution in [2.24, 2.45) is 10.9 Å². The van der Waals surface area contributed by atoms with Gasteiger partial charge >= 0.3 is 0 Å². The van der Waals surface area contributed by atoms with E-state index in [2.05, 4.69) is 18.1 Å². The molecule has 0 spiro atoms. The quantitative estimate of drug-likeness (QED) is 0.287. The van der Waals surface area contributed by atoms with Crippen LogP contribution in [0.2, 0.25) is 0 Å². The highest BCUT2D eigenvalue weighted by Crippen LogP contribution is 2.37. The Hall–Kier alpha value is -1.11. The highest BCUT2D eigenvalue weighted by molar-refractivity contribution is 8.01. The molecule has 0 unspecified atom stereocenters. The van der Waals surface area contributed by atoms with Gasteiger partial charge in [-0.15, -0.1) is 23.1 Å². The predicted octanol–water partition coefficient (Wildman–Crippen LogP) is 4.11. The van der Waals surface area contributed by atoms with Crippen molar-refractivity contribution in [3.05, 3.63) is 41.3 Å². The van der Waals surface area contributed by atoms with Gasteiger partial charge in [-0.25, -0.2) is 0 Å². The van der Waals surface area contributed by atoms with Crippen molar-refractivity contribution in [3.8, 4) is 0 Å². The number of hydrogen-bond acceptors (Lipinski definition) is 5. The van der Waals surface area contributed by atoms with E-state index in [0.717, 1.165) is 21.1 Å². The standard InChI is InChI=1S/C13H14N2OS3/c1-2-17-9-5-3-6-10(12(9)13(14)15-16)19-11-7-4-8-18-11/h3-8,16H,2H2,1H3,(H2,14,15). The monoisotopic (exact) mass is 310 g/mol. The van der Waals surface area contributed by atoms with E-state index >= 15 is 0 Å². The molecule has 2 aromatic rings. The maximum Gasteiger partial charge on any atom is 0.172 e. The first-order chi connectivity index (χ1) is 9.26. The molecule has 0 aliphatic carbocycles. The number of thiophene rings is 1. The maximum absolute atomic E-state index is 8.98. The first kappa shape index (κ1) is 14.3. The molecule has 0 aliphatic rings. The molecule has 0 fully saturated rings. The molecule has 0 aliphatic heterocycles. The van der Waals surface area contributed by atoms with Crippen LogP contribution in [0.3, 0.4) is 0 Å². The first-order valence-electron chi connectivity index (χ1n) is 5.71. The van der Waals surface area contributed by atoms with E-state index in [-0.39, 0.29) is 5.84 Å². The van der Waals surface area contributed by atoms with Gasteiger partial charge in [0.1, 0.15) is 0 Å². The number of benzene rings is 1. The number of rotatable bonds is 5. The molecule has 3 nitrogen and oxygen atoms in total. The molecule has 0 amide bonds. The molecule has 100 valence electrons. The molecule has 1 aromatic heterocycles. The van der Waals surface area contributed by atoms with E-state index in [1.165, 1.54) is 4.21 Å². The largest absolute Gasteiger partial charge is 0.409 e. The lowest BCUT2D eigenvalue weighted by atomic mass is 10.2. The summed E-state index contributed by atoms with van der Waals surface area (Å²) in [5.41, 5.74) is 6.65. The molecule has 0 atom stereocenters. The highest BCUT2D eigenvalue weighted by atomic mass is 32.2. The Morgan fingerprint density at radius 3 is 2.74 bits per heavy atom. The molecular weight excluding hydrogens is 296 g/mol. The summed E-state index contributed by atoms with van der Waals surface area (Å²) in [6, 6.07) is 10.1. The van der Waals surface area contributed by atoms with Crippen LogP contribution in [0.5, 0.6) is 0 Å². The fourth-order valence-electron chi connectivity index (χ4n) is 1.60. The Morgan fingerprint density at radius 1 is 1.32 bits per heavy atom. The third-order valence-electron chi connectivity index (χ3n) is 2.36. The van der Waals surface area contributed by atoms with Gasteiger partial charge in [-0.05, 0) is 29.3 Å². The van der Waals surface area contributed by atoms with Crippen LogP contribution < -0.4 is 5.73 Å². The van der Waals surface area contributed by atoms with Crippen LogP contribution in [0, 0.1) is 0 Å². The number of nitrogens with two attached hydrogens (primary N) is 1. The van der Waals surface area contributed by atoms with Gasteiger partial charge < -0.3 is 10.9 Å². The van der Waals surface area contributed by atoms with Crippen LogP contribution in [0.25, 0.3) is 0 Å². The van der Waals surface area contributed by atoms with E-state index in [0.29, 0.717) is 0 Å². The third-order valence-corrected chi connectivity index (χ3v) is 5.39. The lowest BCUT2D eigenvalue weighted by molar-refractivity contribution is 0.318. The number of thioether (sulfide) groups is 1. The summed E-state index contributed by atoms with van der Waals surface area (Å²) >= 11 is 5.01. The molecule has 19 heavy (non-hydrogen) atoms. The van der Waals surface area contributed by atoms with Crippen molar-refractivity contribution in [2.45, 2.75) is 20.9 Å². The molecule has 2 rings (SSSR count). The Kier molecular flexibility index (Phi) is 5.18. The molecule has 0 saturated heterocycles. The van der Waals surface area contributed by atoms with Crippen LogP contribution in [-0.4, -0.2) is 16.8 Å². The molecule has 0 radical (unpaired) electrons. The summed E-state index contributed by atoms with van der Waals surface area (Å²) in [5.74, 6) is 1.11. The number of amidine groups is 1.